The molecule has 0 unspecified atom stereocenters. The van der Waals surface area contributed by atoms with Crippen molar-refractivity contribution in [1.82, 2.24) is 0 Å². The highest BCUT2D eigenvalue weighted by molar-refractivity contribution is 4.99. The van der Waals surface area contributed by atoms with Gasteiger partial charge in [0.25, 0.3) is 0 Å². The maximum Gasteiger partial charge on any atom is 0.134 e. The van der Waals surface area contributed by atoms with Crippen LogP contribution in [-0.2, 0) is 4.74 Å². The first-order chi connectivity index (χ1) is 6.86. The van der Waals surface area contributed by atoms with Crippen LogP contribution in [0.3, 0.4) is 0 Å². The summed E-state index contributed by atoms with van der Waals surface area (Å²) in [5, 5.41) is 8.55. The van der Waals surface area contributed by atoms with Crippen LogP contribution in [0.1, 0.15) is 32.1 Å². The lowest BCUT2D eigenvalue weighted by molar-refractivity contribution is -0.118. The van der Waals surface area contributed by atoms with Crippen molar-refractivity contribution in [1.29, 1.82) is 5.26 Å². The fourth-order valence-corrected chi connectivity index (χ4v) is 4.28. The van der Waals surface area contributed by atoms with E-state index in [-0.39, 0.29) is 0 Å². The van der Waals surface area contributed by atoms with Crippen molar-refractivity contribution in [2.45, 2.75) is 38.2 Å². The van der Waals surface area contributed by atoms with Gasteiger partial charge in [0.1, 0.15) is 6.61 Å². The zero-order valence-corrected chi connectivity index (χ0v) is 8.48. The second-order valence-electron chi connectivity index (χ2n) is 5.36. The molecule has 4 aliphatic rings. The van der Waals surface area contributed by atoms with E-state index in [0.717, 1.165) is 23.7 Å². The van der Waals surface area contributed by atoms with Gasteiger partial charge in [-0.25, -0.2) is 0 Å². The molecule has 0 heterocycles. The molecule has 76 valence electrons. The van der Waals surface area contributed by atoms with Gasteiger partial charge in [0.2, 0.25) is 0 Å². The van der Waals surface area contributed by atoms with E-state index >= 15 is 0 Å². The van der Waals surface area contributed by atoms with E-state index in [1.807, 2.05) is 0 Å². The predicted molar refractivity (Wildman–Crippen MR) is 52.4 cm³/mol. The van der Waals surface area contributed by atoms with Crippen molar-refractivity contribution in [3.8, 4) is 6.07 Å². The fraction of sp³-hybridized carbons (Fsp3) is 0.917. The standard InChI is InChI=1S/C12H17NO/c13-1-2-14-12-10-4-8-3-9(6-10)7-11(12)5-8/h8-12H,2-7H2. The number of ether oxygens (including phenoxy) is 1. The summed E-state index contributed by atoms with van der Waals surface area (Å²) in [5.41, 5.74) is 0. The van der Waals surface area contributed by atoms with Gasteiger partial charge in [-0.15, -0.1) is 0 Å². The fourth-order valence-electron chi connectivity index (χ4n) is 4.28. The topological polar surface area (TPSA) is 33.0 Å². The smallest absolute Gasteiger partial charge is 0.134 e. The van der Waals surface area contributed by atoms with Crippen molar-refractivity contribution in [2.75, 3.05) is 6.61 Å². The molecule has 0 aliphatic heterocycles. The Kier molecular flexibility index (Phi) is 2.02. The molecule has 2 nitrogen and oxygen atoms in total. The number of nitrogens with zero attached hydrogens (tertiary/aromatic N) is 1. The Bertz CT molecular complexity index is 240. The number of nitriles is 1. The predicted octanol–water partition coefficient (Wildman–Crippen LogP) is 2.35. The van der Waals surface area contributed by atoms with E-state index in [1.165, 1.54) is 32.1 Å². The summed E-state index contributed by atoms with van der Waals surface area (Å²) in [5.74, 6) is 3.58. The summed E-state index contributed by atoms with van der Waals surface area (Å²) < 4.78 is 5.71. The number of rotatable bonds is 2. The lowest BCUT2D eigenvalue weighted by atomic mass is 9.55. The molecule has 0 aromatic carbocycles. The summed E-state index contributed by atoms with van der Waals surface area (Å²) in [4.78, 5) is 0. The average molecular weight is 191 g/mol. The molecular formula is C12H17NO. The SMILES string of the molecule is N#CCOC1C2CC3CC(C2)CC1C3. The third-order valence-electron chi connectivity index (χ3n) is 4.48. The van der Waals surface area contributed by atoms with Crippen LogP contribution in [0.2, 0.25) is 0 Å². The molecular weight excluding hydrogens is 174 g/mol. The molecule has 4 saturated carbocycles. The lowest BCUT2D eigenvalue weighted by Crippen LogP contribution is -2.49. The minimum atomic E-state index is 0.299. The van der Waals surface area contributed by atoms with Crippen LogP contribution in [0.25, 0.3) is 0 Å². The first-order valence-electron chi connectivity index (χ1n) is 5.85. The molecule has 0 aromatic rings. The van der Waals surface area contributed by atoms with Gasteiger partial charge < -0.3 is 4.74 Å². The van der Waals surface area contributed by atoms with Crippen LogP contribution in [0.15, 0.2) is 0 Å². The van der Waals surface area contributed by atoms with Crippen molar-refractivity contribution in [2.24, 2.45) is 23.7 Å². The van der Waals surface area contributed by atoms with Crippen LogP contribution in [-0.4, -0.2) is 12.7 Å². The highest BCUT2D eigenvalue weighted by Crippen LogP contribution is 2.54. The molecule has 0 spiro atoms. The van der Waals surface area contributed by atoms with Gasteiger partial charge in [0, 0.05) is 0 Å². The van der Waals surface area contributed by atoms with Gasteiger partial charge in [-0.2, -0.15) is 5.26 Å². The number of hydrogen-bond donors (Lipinski definition) is 0. The zero-order valence-electron chi connectivity index (χ0n) is 8.48. The molecule has 4 aliphatic carbocycles. The van der Waals surface area contributed by atoms with Crippen molar-refractivity contribution in [3.05, 3.63) is 0 Å². The Morgan fingerprint density at radius 2 is 1.57 bits per heavy atom. The Morgan fingerprint density at radius 1 is 1.00 bits per heavy atom. The van der Waals surface area contributed by atoms with Gasteiger partial charge in [0.15, 0.2) is 0 Å². The average Bonchev–Trinajstić information content (AvgIpc) is 2.15. The lowest BCUT2D eigenvalue weighted by Gasteiger charge is -2.53. The van der Waals surface area contributed by atoms with E-state index in [9.17, 15) is 0 Å². The second-order valence-corrected chi connectivity index (χ2v) is 5.36. The highest BCUT2D eigenvalue weighted by atomic mass is 16.5. The molecule has 0 N–H and O–H groups in total. The van der Waals surface area contributed by atoms with Gasteiger partial charge in [-0.3, -0.25) is 0 Å². The van der Waals surface area contributed by atoms with E-state index in [0.29, 0.717) is 12.7 Å². The molecule has 0 radical (unpaired) electrons. The zero-order chi connectivity index (χ0) is 9.54. The molecule has 0 aromatic heterocycles. The maximum absolute atomic E-state index is 8.55. The summed E-state index contributed by atoms with van der Waals surface area (Å²) >= 11 is 0. The second kappa shape index (κ2) is 3.24. The van der Waals surface area contributed by atoms with E-state index in [1.54, 1.807) is 0 Å². The maximum atomic E-state index is 8.55. The monoisotopic (exact) mass is 191 g/mol. The van der Waals surface area contributed by atoms with E-state index in [2.05, 4.69) is 6.07 Å². The largest absolute Gasteiger partial charge is 0.363 e. The molecule has 14 heavy (non-hydrogen) atoms. The molecule has 0 atom stereocenters. The van der Waals surface area contributed by atoms with Gasteiger partial charge in [0.05, 0.1) is 12.2 Å². The summed E-state index contributed by atoms with van der Waals surface area (Å²) in [6.07, 6.45) is 7.43. The first-order valence-corrected chi connectivity index (χ1v) is 5.85. The van der Waals surface area contributed by atoms with Crippen molar-refractivity contribution < 1.29 is 4.74 Å². The van der Waals surface area contributed by atoms with Gasteiger partial charge in [-0.05, 0) is 55.8 Å². The minimum absolute atomic E-state index is 0.299. The van der Waals surface area contributed by atoms with Gasteiger partial charge in [-0.1, -0.05) is 0 Å². The van der Waals surface area contributed by atoms with Crippen molar-refractivity contribution in [3.63, 3.8) is 0 Å². The summed E-state index contributed by atoms with van der Waals surface area (Å²) in [6.45, 7) is 0.299. The normalized spacial score (nSPS) is 49.2. The van der Waals surface area contributed by atoms with Crippen LogP contribution >= 0.6 is 0 Å². The quantitative estimate of drug-likeness (QED) is 0.671. The minimum Gasteiger partial charge on any atom is -0.363 e. The Labute approximate surface area is 85.2 Å². The Balaban J connectivity index is 1.72. The third kappa shape index (κ3) is 1.26. The van der Waals surface area contributed by atoms with E-state index in [4.69, 9.17) is 10.00 Å². The molecule has 4 rings (SSSR count). The van der Waals surface area contributed by atoms with Crippen LogP contribution in [0, 0.1) is 35.0 Å². The van der Waals surface area contributed by atoms with Crippen LogP contribution in [0.4, 0.5) is 0 Å². The molecule has 0 saturated heterocycles. The molecule has 0 amide bonds. The third-order valence-corrected chi connectivity index (χ3v) is 4.48. The van der Waals surface area contributed by atoms with Crippen LogP contribution < -0.4 is 0 Å². The van der Waals surface area contributed by atoms with Gasteiger partial charge >= 0.3 is 0 Å². The molecule has 2 heteroatoms. The first kappa shape index (κ1) is 8.73. The Hall–Kier alpha value is -0.550. The van der Waals surface area contributed by atoms with Crippen molar-refractivity contribution >= 4 is 0 Å². The summed E-state index contributed by atoms with van der Waals surface area (Å²) in [7, 11) is 0. The molecule has 4 fully saturated rings. The highest BCUT2D eigenvalue weighted by Gasteiger charge is 2.48. The number of hydrogen-bond acceptors (Lipinski definition) is 2. The molecule has 4 bridgehead atoms. The Morgan fingerprint density at radius 3 is 2.07 bits per heavy atom. The summed E-state index contributed by atoms with van der Waals surface area (Å²) in [6, 6.07) is 2.10. The van der Waals surface area contributed by atoms with E-state index < -0.39 is 0 Å². The van der Waals surface area contributed by atoms with Crippen LogP contribution in [0.5, 0.6) is 0 Å².